The third-order valence-corrected chi connectivity index (χ3v) is 6.93. The molecule has 35 heavy (non-hydrogen) atoms. The van der Waals surface area contributed by atoms with Crippen molar-refractivity contribution in [3.63, 3.8) is 0 Å². The number of aryl methyl sites for hydroxylation is 1. The Kier molecular flexibility index (Phi) is 5.71. The van der Waals surface area contributed by atoms with Crippen LogP contribution in [0.1, 0.15) is 29.7 Å². The van der Waals surface area contributed by atoms with Gasteiger partial charge in [0, 0.05) is 19.2 Å². The lowest BCUT2D eigenvalue weighted by atomic mass is 9.92. The number of rotatable bonds is 5. The second-order valence-electron chi connectivity index (χ2n) is 9.21. The monoisotopic (exact) mass is 484 g/mol. The van der Waals surface area contributed by atoms with Gasteiger partial charge in [-0.2, -0.15) is 0 Å². The van der Waals surface area contributed by atoms with Crippen LogP contribution in [0, 0.1) is 18.6 Å². The van der Waals surface area contributed by atoms with E-state index in [0.717, 1.165) is 5.56 Å². The normalized spacial score (nSPS) is 19.1. The Labute approximate surface area is 200 Å². The molecule has 1 aromatic carbocycles. The summed E-state index contributed by atoms with van der Waals surface area (Å²) in [6, 6.07) is 6.08. The number of nitrogens with zero attached hydrogens (tertiary/aromatic N) is 3. The molecule has 1 atom stereocenters. The average molecular weight is 485 g/mol. The molecule has 3 heterocycles. The molecule has 2 aliphatic rings. The van der Waals surface area contributed by atoms with Crippen LogP contribution in [0.3, 0.4) is 0 Å². The van der Waals surface area contributed by atoms with Gasteiger partial charge in [0.1, 0.15) is 17.3 Å². The van der Waals surface area contributed by atoms with Crippen molar-refractivity contribution in [2.45, 2.75) is 37.7 Å². The largest absolute Gasteiger partial charge is 0.453 e. The smallest absolute Gasteiger partial charge is 0.409 e. The summed E-state index contributed by atoms with van der Waals surface area (Å²) in [5, 5.41) is 0. The second kappa shape index (κ2) is 8.60. The van der Waals surface area contributed by atoms with Crippen molar-refractivity contribution in [3.8, 4) is 11.3 Å². The molecular formula is C25H26F2N4O4. The molecule has 1 saturated heterocycles. The van der Waals surface area contributed by atoms with Gasteiger partial charge in [0.05, 0.1) is 48.7 Å². The molecule has 2 aromatic heterocycles. The summed E-state index contributed by atoms with van der Waals surface area (Å²) in [4.78, 5) is 30.0. The van der Waals surface area contributed by atoms with E-state index in [1.807, 2.05) is 19.1 Å². The van der Waals surface area contributed by atoms with Crippen LogP contribution >= 0.6 is 0 Å². The van der Waals surface area contributed by atoms with E-state index >= 15 is 8.78 Å². The van der Waals surface area contributed by atoms with Crippen molar-refractivity contribution >= 4 is 17.6 Å². The Hall–Kier alpha value is -3.53. The number of pyridine rings is 1. The number of amides is 2. The summed E-state index contributed by atoms with van der Waals surface area (Å²) >= 11 is 0. The minimum Gasteiger partial charge on any atom is -0.453 e. The van der Waals surface area contributed by atoms with Crippen molar-refractivity contribution in [2.75, 3.05) is 26.8 Å². The number of ether oxygens (including phenoxy) is 2. The predicted octanol–water partition coefficient (Wildman–Crippen LogP) is 3.11. The van der Waals surface area contributed by atoms with Crippen LogP contribution in [0.4, 0.5) is 13.6 Å². The third kappa shape index (κ3) is 4.01. The summed E-state index contributed by atoms with van der Waals surface area (Å²) in [5.41, 5.74) is 6.65. The van der Waals surface area contributed by atoms with Gasteiger partial charge < -0.3 is 24.5 Å². The van der Waals surface area contributed by atoms with Gasteiger partial charge in [0.15, 0.2) is 0 Å². The number of primary amides is 1. The molecule has 2 amide bonds. The van der Waals surface area contributed by atoms with Crippen molar-refractivity contribution in [2.24, 2.45) is 5.73 Å². The number of benzene rings is 1. The van der Waals surface area contributed by atoms with Gasteiger partial charge in [-0.05, 0) is 55.2 Å². The topological polar surface area (TPSA) is 99.2 Å². The zero-order chi connectivity index (χ0) is 24.9. The zero-order valence-corrected chi connectivity index (χ0v) is 19.5. The number of imidazole rings is 1. The summed E-state index contributed by atoms with van der Waals surface area (Å²) in [5.74, 6) is -2.21. The number of aromatic nitrogens is 2. The number of morpholine rings is 1. The average Bonchev–Trinajstić information content (AvgIpc) is 3.58. The molecular weight excluding hydrogens is 458 g/mol. The molecule has 0 spiro atoms. The Bertz CT molecular complexity index is 1310. The highest BCUT2D eigenvalue weighted by Crippen LogP contribution is 2.49. The zero-order valence-electron chi connectivity index (χ0n) is 19.5. The highest BCUT2D eigenvalue weighted by molar-refractivity contribution is 5.90. The quantitative estimate of drug-likeness (QED) is 0.600. The van der Waals surface area contributed by atoms with Gasteiger partial charge in [-0.1, -0.05) is 0 Å². The van der Waals surface area contributed by atoms with Gasteiger partial charge >= 0.3 is 6.09 Å². The molecule has 1 aliphatic heterocycles. The SMILES string of the molecule is COC(=O)N1CCOC(Cc2c(-c3c(F)cc(C4(C(N)=O)CC4)cc3F)nc3cc(C)ccn23)C1. The number of hydrogen-bond acceptors (Lipinski definition) is 5. The summed E-state index contributed by atoms with van der Waals surface area (Å²) in [6.07, 6.45) is 2.12. The highest BCUT2D eigenvalue weighted by Gasteiger charge is 2.50. The first-order valence-corrected chi connectivity index (χ1v) is 11.5. The van der Waals surface area contributed by atoms with Gasteiger partial charge in [-0.3, -0.25) is 4.79 Å². The molecule has 8 nitrogen and oxygen atoms in total. The van der Waals surface area contributed by atoms with Crippen molar-refractivity contribution < 1.29 is 27.8 Å². The Morgan fingerprint density at radius 3 is 2.60 bits per heavy atom. The maximum absolute atomic E-state index is 15.5. The van der Waals surface area contributed by atoms with E-state index in [1.165, 1.54) is 24.1 Å². The van der Waals surface area contributed by atoms with Crippen LogP contribution in [-0.4, -0.2) is 59.2 Å². The van der Waals surface area contributed by atoms with Crippen LogP contribution < -0.4 is 5.73 Å². The molecule has 2 N–H and O–H groups in total. The third-order valence-electron chi connectivity index (χ3n) is 6.93. The first kappa shape index (κ1) is 23.2. The van der Waals surface area contributed by atoms with E-state index < -0.39 is 35.2 Å². The molecule has 184 valence electrons. The van der Waals surface area contributed by atoms with Gasteiger partial charge in [0.25, 0.3) is 0 Å². The molecule has 2 fully saturated rings. The first-order valence-electron chi connectivity index (χ1n) is 11.5. The van der Waals surface area contributed by atoms with E-state index in [1.54, 1.807) is 10.6 Å². The number of nitrogens with two attached hydrogens (primary N) is 1. The number of carbonyl (C=O) groups is 2. The Balaban J connectivity index is 1.58. The van der Waals surface area contributed by atoms with Crippen LogP contribution in [0.5, 0.6) is 0 Å². The van der Waals surface area contributed by atoms with Crippen LogP contribution in [0.15, 0.2) is 30.5 Å². The maximum atomic E-state index is 15.5. The lowest BCUT2D eigenvalue weighted by Gasteiger charge is -2.32. The molecule has 1 saturated carbocycles. The van der Waals surface area contributed by atoms with E-state index in [4.69, 9.17) is 15.2 Å². The van der Waals surface area contributed by atoms with Crippen molar-refractivity contribution in [1.82, 2.24) is 14.3 Å². The summed E-state index contributed by atoms with van der Waals surface area (Å²) in [6.45, 7) is 2.89. The molecule has 0 bridgehead atoms. The standard InChI is InChI=1S/C25H26F2N4O4/c1-14-3-6-31-19(12-16-13-30(7-8-35-16)24(33)34-2)22(29-20(31)9-14)21-17(26)10-15(11-18(21)27)25(4-5-25)23(28)32/h3,6,9-11,16H,4-5,7-8,12-13H2,1-2H3,(H2,28,32). The highest BCUT2D eigenvalue weighted by atomic mass is 19.1. The molecule has 3 aromatic rings. The summed E-state index contributed by atoms with van der Waals surface area (Å²) in [7, 11) is 1.32. The molecule has 0 radical (unpaired) electrons. The number of methoxy groups -OCH3 is 1. The lowest BCUT2D eigenvalue weighted by Crippen LogP contribution is -2.46. The van der Waals surface area contributed by atoms with E-state index in [-0.39, 0.29) is 29.8 Å². The van der Waals surface area contributed by atoms with Gasteiger partial charge in [-0.15, -0.1) is 0 Å². The van der Waals surface area contributed by atoms with Crippen LogP contribution in [0.2, 0.25) is 0 Å². The van der Waals surface area contributed by atoms with Crippen LogP contribution in [0.25, 0.3) is 16.9 Å². The number of hydrogen-bond donors (Lipinski definition) is 1. The van der Waals surface area contributed by atoms with E-state index in [2.05, 4.69) is 4.98 Å². The molecule has 10 heteroatoms. The minimum absolute atomic E-state index is 0.153. The second-order valence-corrected chi connectivity index (χ2v) is 9.21. The number of halogens is 2. The van der Waals surface area contributed by atoms with Crippen molar-refractivity contribution in [3.05, 3.63) is 58.9 Å². The fourth-order valence-electron chi connectivity index (χ4n) is 4.82. The fraction of sp³-hybridized carbons (Fsp3) is 0.400. The maximum Gasteiger partial charge on any atom is 0.409 e. The Morgan fingerprint density at radius 1 is 1.26 bits per heavy atom. The fourth-order valence-corrected chi connectivity index (χ4v) is 4.82. The molecule has 5 rings (SSSR count). The first-order chi connectivity index (χ1) is 16.7. The summed E-state index contributed by atoms with van der Waals surface area (Å²) < 4.78 is 43.4. The number of carbonyl (C=O) groups excluding carboxylic acids is 2. The van der Waals surface area contributed by atoms with E-state index in [0.29, 0.717) is 37.3 Å². The molecule has 1 aliphatic carbocycles. The van der Waals surface area contributed by atoms with Crippen LogP contribution in [-0.2, 0) is 26.1 Å². The van der Waals surface area contributed by atoms with E-state index in [9.17, 15) is 9.59 Å². The van der Waals surface area contributed by atoms with Crippen molar-refractivity contribution in [1.29, 1.82) is 0 Å². The van der Waals surface area contributed by atoms with Gasteiger partial charge in [-0.25, -0.2) is 18.6 Å². The predicted molar refractivity (Wildman–Crippen MR) is 123 cm³/mol. The molecule has 1 unspecified atom stereocenters. The Morgan fingerprint density at radius 2 is 1.97 bits per heavy atom. The van der Waals surface area contributed by atoms with Gasteiger partial charge in [0.2, 0.25) is 5.91 Å². The lowest BCUT2D eigenvalue weighted by molar-refractivity contribution is -0.120. The number of fused-ring (bicyclic) bond motifs is 1. The minimum atomic E-state index is -1.01.